The second-order valence-electron chi connectivity index (χ2n) is 4.37. The number of anilines is 1. The van der Waals surface area contributed by atoms with Crippen LogP contribution in [0, 0.1) is 6.92 Å². The molecule has 0 aromatic carbocycles. The molecule has 0 saturated heterocycles. The molecule has 1 rings (SSSR count). The molecule has 23 heavy (non-hydrogen) atoms. The topological polar surface area (TPSA) is 108 Å². The molecule has 1 aromatic heterocycles. The molecule has 1 amide bonds. The molecule has 9 heteroatoms. The number of hydrogen-bond acceptors (Lipinski definition) is 8. The van der Waals surface area contributed by atoms with Crippen molar-refractivity contribution in [2.45, 2.75) is 19.8 Å². The van der Waals surface area contributed by atoms with Crippen LogP contribution >= 0.6 is 11.3 Å². The Labute approximate surface area is 136 Å². The number of methoxy groups -OCH3 is 3. The van der Waals surface area contributed by atoms with Crippen molar-refractivity contribution >= 4 is 40.2 Å². The maximum Gasteiger partial charge on any atom is 0.348 e. The van der Waals surface area contributed by atoms with E-state index >= 15 is 0 Å². The van der Waals surface area contributed by atoms with Gasteiger partial charge in [0.15, 0.2) is 0 Å². The van der Waals surface area contributed by atoms with Gasteiger partial charge in [-0.05, 0) is 12.5 Å². The predicted molar refractivity (Wildman–Crippen MR) is 81.6 cm³/mol. The van der Waals surface area contributed by atoms with E-state index in [4.69, 9.17) is 0 Å². The first kappa shape index (κ1) is 18.6. The number of carbonyl (C=O) groups is 4. The van der Waals surface area contributed by atoms with Crippen molar-refractivity contribution in [3.8, 4) is 0 Å². The average Bonchev–Trinajstić information content (AvgIpc) is 2.87. The maximum absolute atomic E-state index is 11.9. The number of esters is 3. The van der Waals surface area contributed by atoms with E-state index in [1.165, 1.54) is 21.3 Å². The van der Waals surface area contributed by atoms with E-state index in [0.29, 0.717) is 5.56 Å². The zero-order valence-electron chi connectivity index (χ0n) is 13.2. The van der Waals surface area contributed by atoms with Gasteiger partial charge in [-0.3, -0.25) is 9.59 Å². The summed E-state index contributed by atoms with van der Waals surface area (Å²) < 4.78 is 13.8. The number of ether oxygens (including phenoxy) is 3. The molecule has 0 aliphatic rings. The molecular weight excluding hydrogens is 326 g/mol. The van der Waals surface area contributed by atoms with Crippen LogP contribution in [0.5, 0.6) is 0 Å². The van der Waals surface area contributed by atoms with Gasteiger partial charge in [-0.15, -0.1) is 11.3 Å². The summed E-state index contributed by atoms with van der Waals surface area (Å²) in [6, 6.07) is 0. The lowest BCUT2D eigenvalue weighted by atomic mass is 10.1. The fourth-order valence-corrected chi connectivity index (χ4v) is 2.87. The number of nitrogens with one attached hydrogen (secondary N) is 1. The first-order valence-electron chi connectivity index (χ1n) is 6.52. The Bertz CT molecular complexity index is 635. The van der Waals surface area contributed by atoms with Crippen molar-refractivity contribution in [3.63, 3.8) is 0 Å². The van der Waals surface area contributed by atoms with Crippen LogP contribution < -0.4 is 5.32 Å². The summed E-state index contributed by atoms with van der Waals surface area (Å²) in [6.45, 7) is 1.55. The van der Waals surface area contributed by atoms with Gasteiger partial charge in [-0.25, -0.2) is 9.59 Å². The highest BCUT2D eigenvalue weighted by Crippen LogP contribution is 2.34. The average molecular weight is 343 g/mol. The van der Waals surface area contributed by atoms with Crippen molar-refractivity contribution in [3.05, 3.63) is 16.0 Å². The zero-order chi connectivity index (χ0) is 17.6. The number of carbonyl (C=O) groups excluding carboxylic acids is 4. The Morgan fingerprint density at radius 3 is 2.09 bits per heavy atom. The van der Waals surface area contributed by atoms with Crippen molar-refractivity contribution in [1.29, 1.82) is 0 Å². The fourth-order valence-electron chi connectivity index (χ4n) is 1.74. The lowest BCUT2D eigenvalue weighted by Crippen LogP contribution is -2.15. The molecule has 0 atom stereocenters. The van der Waals surface area contributed by atoms with E-state index in [9.17, 15) is 19.2 Å². The Morgan fingerprint density at radius 1 is 0.957 bits per heavy atom. The highest BCUT2D eigenvalue weighted by molar-refractivity contribution is 7.18. The lowest BCUT2D eigenvalue weighted by molar-refractivity contribution is -0.141. The summed E-state index contributed by atoms with van der Waals surface area (Å²) in [5.41, 5.74) is 0.446. The number of thiophene rings is 1. The minimum Gasteiger partial charge on any atom is -0.469 e. The minimum atomic E-state index is -0.683. The summed E-state index contributed by atoms with van der Waals surface area (Å²) in [7, 11) is 3.63. The SMILES string of the molecule is COC(=O)CCC(=O)Nc1sc(C(=O)OC)c(C)c1C(=O)OC. The second kappa shape index (κ2) is 8.28. The largest absolute Gasteiger partial charge is 0.469 e. The maximum atomic E-state index is 11.9. The van der Waals surface area contributed by atoms with Crippen LogP contribution in [-0.4, -0.2) is 45.1 Å². The van der Waals surface area contributed by atoms with Crippen molar-refractivity contribution in [2.24, 2.45) is 0 Å². The first-order chi connectivity index (χ1) is 10.8. The normalized spacial score (nSPS) is 9.91. The molecule has 1 N–H and O–H groups in total. The van der Waals surface area contributed by atoms with Gasteiger partial charge in [0.1, 0.15) is 9.88 Å². The minimum absolute atomic E-state index is 0.0873. The molecule has 0 aliphatic heterocycles. The van der Waals surface area contributed by atoms with E-state index in [-0.39, 0.29) is 28.3 Å². The fraction of sp³-hybridized carbons (Fsp3) is 0.429. The van der Waals surface area contributed by atoms with Gasteiger partial charge in [-0.1, -0.05) is 0 Å². The first-order valence-corrected chi connectivity index (χ1v) is 7.34. The number of hydrogen-bond donors (Lipinski definition) is 1. The van der Waals surface area contributed by atoms with Crippen LogP contribution in [0.3, 0.4) is 0 Å². The Kier molecular flexibility index (Phi) is 6.70. The van der Waals surface area contributed by atoms with E-state index in [0.717, 1.165) is 11.3 Å². The van der Waals surface area contributed by atoms with E-state index in [1.807, 2.05) is 0 Å². The van der Waals surface area contributed by atoms with E-state index < -0.39 is 23.8 Å². The molecule has 0 radical (unpaired) electrons. The Balaban J connectivity index is 3.04. The molecule has 0 fully saturated rings. The Morgan fingerprint density at radius 2 is 1.57 bits per heavy atom. The van der Waals surface area contributed by atoms with E-state index in [2.05, 4.69) is 19.5 Å². The summed E-state index contributed by atoms with van der Waals surface area (Å²) in [6.07, 6.45) is -0.206. The van der Waals surface area contributed by atoms with Crippen molar-refractivity contribution in [2.75, 3.05) is 26.6 Å². The third kappa shape index (κ3) is 4.52. The standard InChI is InChI=1S/C14H17NO7S/c1-7-10(13(18)21-3)12(23-11(7)14(19)22-4)15-8(16)5-6-9(17)20-2/h5-6H2,1-4H3,(H,15,16). The molecule has 0 saturated carbocycles. The highest BCUT2D eigenvalue weighted by atomic mass is 32.1. The lowest BCUT2D eigenvalue weighted by Gasteiger charge is -2.05. The van der Waals surface area contributed by atoms with Gasteiger partial charge in [-0.2, -0.15) is 0 Å². The van der Waals surface area contributed by atoms with Crippen LogP contribution in [0.25, 0.3) is 0 Å². The van der Waals surface area contributed by atoms with Gasteiger partial charge in [0.05, 0.1) is 33.3 Å². The Hall–Kier alpha value is -2.42. The molecule has 126 valence electrons. The third-order valence-electron chi connectivity index (χ3n) is 2.94. The molecule has 0 unspecified atom stereocenters. The predicted octanol–water partition coefficient (Wildman–Crippen LogP) is 1.52. The molecule has 8 nitrogen and oxygen atoms in total. The summed E-state index contributed by atoms with van der Waals surface area (Å²) in [4.78, 5) is 46.7. The summed E-state index contributed by atoms with van der Waals surface area (Å²) in [5, 5.41) is 2.68. The highest BCUT2D eigenvalue weighted by Gasteiger charge is 2.26. The second-order valence-corrected chi connectivity index (χ2v) is 5.39. The van der Waals surface area contributed by atoms with Gasteiger partial charge >= 0.3 is 17.9 Å². The quantitative estimate of drug-likeness (QED) is 0.616. The van der Waals surface area contributed by atoms with Crippen LogP contribution in [0.1, 0.15) is 38.4 Å². The third-order valence-corrected chi connectivity index (χ3v) is 4.13. The van der Waals surface area contributed by atoms with Gasteiger partial charge < -0.3 is 19.5 Å². The summed E-state index contributed by atoms with van der Waals surface area (Å²) >= 11 is 0.907. The van der Waals surface area contributed by atoms with Crippen molar-refractivity contribution < 1.29 is 33.4 Å². The van der Waals surface area contributed by atoms with Gasteiger partial charge in [0, 0.05) is 6.42 Å². The monoisotopic (exact) mass is 343 g/mol. The molecule has 0 aliphatic carbocycles. The number of amides is 1. The summed E-state index contributed by atoms with van der Waals surface area (Å²) in [5.74, 6) is -2.31. The smallest absolute Gasteiger partial charge is 0.348 e. The van der Waals surface area contributed by atoms with Gasteiger partial charge in [0.2, 0.25) is 5.91 Å². The molecule has 1 aromatic rings. The van der Waals surface area contributed by atoms with E-state index in [1.54, 1.807) is 6.92 Å². The molecule has 1 heterocycles. The molecular formula is C14H17NO7S. The van der Waals surface area contributed by atoms with Gasteiger partial charge in [0.25, 0.3) is 0 Å². The van der Waals surface area contributed by atoms with Crippen LogP contribution in [0.15, 0.2) is 0 Å². The molecule has 0 spiro atoms. The van der Waals surface area contributed by atoms with Crippen LogP contribution in [0.4, 0.5) is 5.00 Å². The zero-order valence-corrected chi connectivity index (χ0v) is 14.0. The molecule has 0 bridgehead atoms. The number of rotatable bonds is 6. The van der Waals surface area contributed by atoms with Crippen LogP contribution in [-0.2, 0) is 23.8 Å². The van der Waals surface area contributed by atoms with Crippen LogP contribution in [0.2, 0.25) is 0 Å². The van der Waals surface area contributed by atoms with Crippen molar-refractivity contribution in [1.82, 2.24) is 0 Å².